The highest BCUT2D eigenvalue weighted by Gasteiger charge is 2.20. The molecule has 1 aromatic carbocycles. The number of hydrogen-bond donors (Lipinski definition) is 0. The van der Waals surface area contributed by atoms with E-state index in [1.165, 1.54) is 13.2 Å². The van der Waals surface area contributed by atoms with Gasteiger partial charge < -0.3 is 4.74 Å². The number of hydrogen-bond acceptors (Lipinski definition) is 4. The minimum atomic E-state index is -0.723. The SMILES string of the molecule is COC(=O)Cc1cc(CBr)c(F)cc1[N+](=O)[O-]. The first-order valence-corrected chi connectivity index (χ1v) is 5.70. The number of carbonyl (C=O) groups excluding carboxylic acids is 1. The molecular formula is C10H9BrFNO4. The van der Waals surface area contributed by atoms with Crippen LogP contribution in [-0.4, -0.2) is 18.0 Å². The lowest BCUT2D eigenvalue weighted by atomic mass is 10.1. The topological polar surface area (TPSA) is 69.4 Å². The van der Waals surface area contributed by atoms with Crippen molar-refractivity contribution in [1.82, 2.24) is 0 Å². The van der Waals surface area contributed by atoms with Crippen molar-refractivity contribution >= 4 is 27.6 Å². The van der Waals surface area contributed by atoms with Gasteiger partial charge in [-0.1, -0.05) is 15.9 Å². The molecule has 0 saturated heterocycles. The molecule has 0 aliphatic carbocycles. The Labute approximate surface area is 105 Å². The molecule has 17 heavy (non-hydrogen) atoms. The maximum atomic E-state index is 13.4. The molecular weight excluding hydrogens is 297 g/mol. The van der Waals surface area contributed by atoms with E-state index in [1.807, 2.05) is 0 Å². The number of ether oxygens (including phenoxy) is 1. The molecule has 92 valence electrons. The second kappa shape index (κ2) is 5.72. The van der Waals surface area contributed by atoms with Crippen molar-refractivity contribution in [2.75, 3.05) is 7.11 Å². The molecule has 0 amide bonds. The Morgan fingerprint density at radius 2 is 2.18 bits per heavy atom. The number of nitrogens with zero attached hydrogens (tertiary/aromatic N) is 1. The summed E-state index contributed by atoms with van der Waals surface area (Å²) in [7, 11) is 1.18. The molecule has 7 heteroatoms. The first-order valence-electron chi connectivity index (χ1n) is 4.58. The lowest BCUT2D eigenvalue weighted by molar-refractivity contribution is -0.385. The molecule has 0 aromatic heterocycles. The van der Waals surface area contributed by atoms with E-state index >= 15 is 0 Å². The van der Waals surface area contributed by atoms with Crippen LogP contribution in [0.5, 0.6) is 0 Å². The molecule has 0 unspecified atom stereocenters. The quantitative estimate of drug-likeness (QED) is 0.370. The van der Waals surface area contributed by atoms with Crippen molar-refractivity contribution in [3.63, 3.8) is 0 Å². The third kappa shape index (κ3) is 3.23. The van der Waals surface area contributed by atoms with Gasteiger partial charge in [0.25, 0.3) is 5.69 Å². The number of halogens is 2. The number of esters is 1. The Bertz CT molecular complexity index is 464. The fraction of sp³-hybridized carbons (Fsp3) is 0.300. The molecule has 1 aromatic rings. The van der Waals surface area contributed by atoms with Crippen molar-refractivity contribution in [1.29, 1.82) is 0 Å². The van der Waals surface area contributed by atoms with E-state index in [9.17, 15) is 19.3 Å². The maximum absolute atomic E-state index is 13.4. The monoisotopic (exact) mass is 305 g/mol. The van der Waals surface area contributed by atoms with Crippen LogP contribution in [0.1, 0.15) is 11.1 Å². The fourth-order valence-electron chi connectivity index (χ4n) is 1.30. The van der Waals surface area contributed by atoms with Crippen LogP contribution in [0.2, 0.25) is 0 Å². The molecule has 0 N–H and O–H groups in total. The summed E-state index contributed by atoms with van der Waals surface area (Å²) in [6, 6.07) is 2.11. The number of methoxy groups -OCH3 is 1. The van der Waals surface area contributed by atoms with E-state index in [-0.39, 0.29) is 22.9 Å². The number of rotatable bonds is 4. The highest BCUT2D eigenvalue weighted by molar-refractivity contribution is 9.08. The number of nitro groups is 1. The molecule has 0 aliphatic rings. The van der Waals surface area contributed by atoms with Crippen molar-refractivity contribution in [2.45, 2.75) is 11.8 Å². The molecule has 1 rings (SSSR count). The zero-order valence-electron chi connectivity index (χ0n) is 8.91. The molecule has 0 fully saturated rings. The number of nitro benzene ring substituents is 1. The minimum Gasteiger partial charge on any atom is -0.469 e. The summed E-state index contributed by atoms with van der Waals surface area (Å²) in [5.74, 6) is -1.29. The van der Waals surface area contributed by atoms with Crippen LogP contribution >= 0.6 is 15.9 Å². The Balaban J connectivity index is 3.23. The summed E-state index contributed by atoms with van der Waals surface area (Å²) in [4.78, 5) is 21.1. The van der Waals surface area contributed by atoms with Gasteiger partial charge in [-0.2, -0.15) is 0 Å². The van der Waals surface area contributed by atoms with E-state index in [1.54, 1.807) is 0 Å². The molecule has 0 heterocycles. The Hall–Kier alpha value is -1.50. The first kappa shape index (κ1) is 13.6. The van der Waals surface area contributed by atoms with Crippen molar-refractivity contribution in [3.05, 3.63) is 39.2 Å². The smallest absolute Gasteiger partial charge is 0.310 e. The third-order valence-corrected chi connectivity index (χ3v) is 2.75. The van der Waals surface area contributed by atoms with Crippen LogP contribution in [-0.2, 0) is 21.3 Å². The number of carbonyl (C=O) groups is 1. The second-order valence-corrected chi connectivity index (χ2v) is 3.78. The molecule has 0 radical (unpaired) electrons. The lowest BCUT2D eigenvalue weighted by Gasteiger charge is -2.05. The van der Waals surface area contributed by atoms with E-state index in [0.717, 1.165) is 6.07 Å². The highest BCUT2D eigenvalue weighted by atomic mass is 79.9. The summed E-state index contributed by atoms with van der Waals surface area (Å²) >= 11 is 3.06. The molecule has 0 aliphatic heterocycles. The Morgan fingerprint density at radius 3 is 2.65 bits per heavy atom. The van der Waals surface area contributed by atoms with Crippen LogP contribution in [0.4, 0.5) is 10.1 Å². The van der Waals surface area contributed by atoms with Crippen LogP contribution in [0.3, 0.4) is 0 Å². The Kier molecular flexibility index (Phi) is 4.56. The fourth-order valence-corrected chi connectivity index (χ4v) is 1.73. The molecule has 5 nitrogen and oxygen atoms in total. The standard InChI is InChI=1S/C10H9BrFNO4/c1-17-10(14)3-6-2-7(5-11)8(12)4-9(6)13(15)16/h2,4H,3,5H2,1H3. The van der Waals surface area contributed by atoms with Crippen molar-refractivity contribution in [3.8, 4) is 0 Å². The first-order chi connectivity index (χ1) is 7.99. The largest absolute Gasteiger partial charge is 0.469 e. The van der Waals surface area contributed by atoms with E-state index in [0.29, 0.717) is 0 Å². The van der Waals surface area contributed by atoms with Gasteiger partial charge in [0.15, 0.2) is 0 Å². The van der Waals surface area contributed by atoms with E-state index < -0.39 is 22.4 Å². The van der Waals surface area contributed by atoms with Crippen LogP contribution < -0.4 is 0 Å². The second-order valence-electron chi connectivity index (χ2n) is 3.22. The van der Waals surface area contributed by atoms with E-state index in [2.05, 4.69) is 20.7 Å². The van der Waals surface area contributed by atoms with Gasteiger partial charge in [0, 0.05) is 10.9 Å². The molecule has 0 spiro atoms. The maximum Gasteiger partial charge on any atom is 0.310 e. The van der Waals surface area contributed by atoms with Crippen LogP contribution in [0.15, 0.2) is 12.1 Å². The third-order valence-electron chi connectivity index (χ3n) is 2.15. The number of alkyl halides is 1. The predicted octanol–water partition coefficient (Wildman–Crippen LogP) is 2.34. The average Bonchev–Trinajstić information content (AvgIpc) is 2.30. The van der Waals surface area contributed by atoms with E-state index in [4.69, 9.17) is 0 Å². The lowest BCUT2D eigenvalue weighted by Crippen LogP contribution is -2.08. The zero-order valence-corrected chi connectivity index (χ0v) is 10.5. The molecule has 0 atom stereocenters. The highest BCUT2D eigenvalue weighted by Crippen LogP contribution is 2.25. The van der Waals surface area contributed by atoms with Gasteiger partial charge >= 0.3 is 5.97 Å². The number of benzene rings is 1. The summed E-state index contributed by atoms with van der Waals surface area (Å²) in [5.41, 5.74) is -0.0233. The van der Waals surface area contributed by atoms with Crippen molar-refractivity contribution in [2.24, 2.45) is 0 Å². The summed E-state index contributed by atoms with van der Waals surface area (Å²) in [6.07, 6.45) is -0.257. The summed E-state index contributed by atoms with van der Waals surface area (Å²) in [6.45, 7) is 0. The van der Waals surface area contributed by atoms with Crippen LogP contribution in [0.25, 0.3) is 0 Å². The normalized spacial score (nSPS) is 10.1. The van der Waals surface area contributed by atoms with Gasteiger partial charge in [0.2, 0.25) is 0 Å². The molecule has 0 bridgehead atoms. The Morgan fingerprint density at radius 1 is 1.53 bits per heavy atom. The van der Waals surface area contributed by atoms with Gasteiger partial charge in [-0.05, 0) is 11.6 Å². The summed E-state index contributed by atoms with van der Waals surface area (Å²) < 4.78 is 17.8. The van der Waals surface area contributed by atoms with Crippen LogP contribution in [0, 0.1) is 15.9 Å². The molecule has 0 saturated carbocycles. The van der Waals surface area contributed by atoms with Gasteiger partial charge in [0.1, 0.15) is 5.82 Å². The minimum absolute atomic E-state index is 0.137. The van der Waals surface area contributed by atoms with Gasteiger partial charge in [-0.25, -0.2) is 4.39 Å². The van der Waals surface area contributed by atoms with Crippen molar-refractivity contribution < 1.29 is 18.8 Å². The zero-order chi connectivity index (χ0) is 13.0. The van der Waals surface area contributed by atoms with Gasteiger partial charge in [-0.3, -0.25) is 14.9 Å². The van der Waals surface area contributed by atoms with Gasteiger partial charge in [-0.15, -0.1) is 0 Å². The van der Waals surface area contributed by atoms with Gasteiger partial charge in [0.05, 0.1) is 24.5 Å². The average molecular weight is 306 g/mol. The predicted molar refractivity (Wildman–Crippen MR) is 61.4 cm³/mol. The summed E-state index contributed by atoms with van der Waals surface area (Å²) in [5, 5.41) is 10.9.